The van der Waals surface area contributed by atoms with E-state index in [4.69, 9.17) is 11.6 Å². The maximum Gasteiger partial charge on any atom is 0.257 e. The number of hydrogen-bond donors (Lipinski definition) is 2. The lowest BCUT2D eigenvalue weighted by molar-refractivity contribution is 0.102. The van der Waals surface area contributed by atoms with Gasteiger partial charge in [0.2, 0.25) is 10.0 Å². The molecule has 2 rings (SSSR count). The summed E-state index contributed by atoms with van der Waals surface area (Å²) in [4.78, 5) is 12.3. The standard InChI is InChI=1S/C16H17ClN2O3S/c1-3-11-4-6-12(7-5-11)18-16(20)14-10-13(8-9-15(14)17)19-23(2,21)22/h4-10,19H,3H2,1-2H3,(H,18,20). The fraction of sp³-hybridized carbons (Fsp3) is 0.188. The Morgan fingerprint density at radius 1 is 1.09 bits per heavy atom. The number of halogens is 1. The molecule has 0 fully saturated rings. The molecule has 7 heteroatoms. The van der Waals surface area contributed by atoms with E-state index in [9.17, 15) is 13.2 Å². The van der Waals surface area contributed by atoms with Crippen molar-refractivity contribution in [3.05, 3.63) is 58.6 Å². The molecule has 0 aliphatic heterocycles. The molecule has 23 heavy (non-hydrogen) atoms. The van der Waals surface area contributed by atoms with Crippen LogP contribution in [0.25, 0.3) is 0 Å². The summed E-state index contributed by atoms with van der Waals surface area (Å²) in [6.07, 6.45) is 1.95. The van der Waals surface area contributed by atoms with E-state index < -0.39 is 15.9 Å². The lowest BCUT2D eigenvalue weighted by Crippen LogP contribution is -2.14. The van der Waals surface area contributed by atoms with Crippen molar-refractivity contribution in [3.63, 3.8) is 0 Å². The molecule has 0 saturated heterocycles. The minimum atomic E-state index is -3.42. The molecule has 2 N–H and O–H groups in total. The normalized spacial score (nSPS) is 11.1. The third kappa shape index (κ3) is 4.97. The number of sulfonamides is 1. The zero-order valence-corrected chi connectivity index (χ0v) is 14.3. The highest BCUT2D eigenvalue weighted by Crippen LogP contribution is 2.22. The molecule has 0 bridgehead atoms. The average molecular weight is 353 g/mol. The van der Waals surface area contributed by atoms with Gasteiger partial charge < -0.3 is 5.32 Å². The molecule has 2 aromatic carbocycles. The maximum atomic E-state index is 12.3. The van der Waals surface area contributed by atoms with Crippen molar-refractivity contribution in [1.82, 2.24) is 0 Å². The molecule has 0 aromatic heterocycles. The van der Waals surface area contributed by atoms with Crippen LogP contribution >= 0.6 is 11.6 Å². The average Bonchev–Trinajstić information content (AvgIpc) is 2.48. The van der Waals surface area contributed by atoms with Gasteiger partial charge in [-0.15, -0.1) is 0 Å². The zero-order chi connectivity index (χ0) is 17.0. The molecule has 0 atom stereocenters. The summed E-state index contributed by atoms with van der Waals surface area (Å²) in [5.41, 5.74) is 2.29. The Morgan fingerprint density at radius 2 is 1.70 bits per heavy atom. The number of anilines is 2. The first-order valence-corrected chi connectivity index (χ1v) is 9.23. The molecule has 122 valence electrons. The van der Waals surface area contributed by atoms with Gasteiger partial charge in [0.25, 0.3) is 5.91 Å². The van der Waals surface area contributed by atoms with Crippen LogP contribution in [0.3, 0.4) is 0 Å². The van der Waals surface area contributed by atoms with Gasteiger partial charge in [0, 0.05) is 11.4 Å². The van der Waals surface area contributed by atoms with Crippen LogP contribution in [0.15, 0.2) is 42.5 Å². The second-order valence-corrected chi connectivity index (χ2v) is 7.23. The van der Waals surface area contributed by atoms with Crippen LogP contribution in [0.4, 0.5) is 11.4 Å². The van der Waals surface area contributed by atoms with E-state index in [1.807, 2.05) is 31.2 Å². The number of carbonyl (C=O) groups is 1. The first kappa shape index (κ1) is 17.3. The number of aryl methyl sites for hydroxylation is 1. The molecule has 2 aromatic rings. The highest BCUT2D eigenvalue weighted by Gasteiger charge is 2.13. The van der Waals surface area contributed by atoms with Gasteiger partial charge in [-0.25, -0.2) is 8.42 Å². The lowest BCUT2D eigenvalue weighted by Gasteiger charge is -2.10. The van der Waals surface area contributed by atoms with E-state index in [-0.39, 0.29) is 16.3 Å². The summed E-state index contributed by atoms with van der Waals surface area (Å²) in [6, 6.07) is 11.9. The Hall–Kier alpha value is -2.05. The van der Waals surface area contributed by atoms with Crippen molar-refractivity contribution in [2.75, 3.05) is 16.3 Å². The van der Waals surface area contributed by atoms with Crippen molar-refractivity contribution in [2.24, 2.45) is 0 Å². The van der Waals surface area contributed by atoms with E-state index >= 15 is 0 Å². The summed E-state index contributed by atoms with van der Waals surface area (Å²) in [5, 5.41) is 2.98. The van der Waals surface area contributed by atoms with Crippen LogP contribution in [-0.2, 0) is 16.4 Å². The first-order valence-electron chi connectivity index (χ1n) is 6.96. The Bertz CT molecular complexity index is 818. The zero-order valence-electron chi connectivity index (χ0n) is 12.8. The molecule has 0 spiro atoms. The predicted molar refractivity (Wildman–Crippen MR) is 93.7 cm³/mol. The van der Waals surface area contributed by atoms with Crippen LogP contribution < -0.4 is 10.0 Å². The van der Waals surface area contributed by atoms with E-state index in [0.717, 1.165) is 12.7 Å². The largest absolute Gasteiger partial charge is 0.322 e. The molecule has 5 nitrogen and oxygen atoms in total. The Labute approximate surface area is 140 Å². The topological polar surface area (TPSA) is 75.3 Å². The molecule has 0 saturated carbocycles. The molecule has 0 heterocycles. The smallest absolute Gasteiger partial charge is 0.257 e. The minimum absolute atomic E-state index is 0.194. The van der Waals surface area contributed by atoms with E-state index in [1.54, 1.807) is 0 Å². The van der Waals surface area contributed by atoms with Gasteiger partial charge >= 0.3 is 0 Å². The van der Waals surface area contributed by atoms with Gasteiger partial charge in [0.15, 0.2) is 0 Å². The summed E-state index contributed by atoms with van der Waals surface area (Å²) in [6.45, 7) is 2.05. The fourth-order valence-electron chi connectivity index (χ4n) is 2.00. The fourth-order valence-corrected chi connectivity index (χ4v) is 2.76. The molecule has 0 aliphatic carbocycles. The SMILES string of the molecule is CCc1ccc(NC(=O)c2cc(NS(C)(=O)=O)ccc2Cl)cc1. The highest BCUT2D eigenvalue weighted by molar-refractivity contribution is 7.92. The van der Waals surface area contributed by atoms with Crippen molar-refractivity contribution >= 4 is 38.9 Å². The van der Waals surface area contributed by atoms with E-state index in [0.29, 0.717) is 5.69 Å². The second-order valence-electron chi connectivity index (χ2n) is 5.07. The third-order valence-electron chi connectivity index (χ3n) is 3.13. The number of nitrogens with one attached hydrogen (secondary N) is 2. The summed E-state index contributed by atoms with van der Waals surface area (Å²) in [7, 11) is -3.42. The monoisotopic (exact) mass is 352 g/mol. The minimum Gasteiger partial charge on any atom is -0.322 e. The van der Waals surface area contributed by atoms with Crippen LogP contribution in [0.2, 0.25) is 5.02 Å². The highest BCUT2D eigenvalue weighted by atomic mass is 35.5. The van der Waals surface area contributed by atoms with Gasteiger partial charge in [0.05, 0.1) is 16.8 Å². The summed E-state index contributed by atoms with van der Waals surface area (Å²) >= 11 is 6.04. The maximum absolute atomic E-state index is 12.3. The number of amides is 1. The van der Waals surface area contributed by atoms with Crippen molar-refractivity contribution in [1.29, 1.82) is 0 Å². The van der Waals surface area contributed by atoms with Gasteiger partial charge in [0.1, 0.15) is 0 Å². The molecular formula is C16H17ClN2O3S. The predicted octanol–water partition coefficient (Wildman–Crippen LogP) is 3.53. The molecule has 0 aliphatic rings. The molecule has 1 amide bonds. The van der Waals surface area contributed by atoms with E-state index in [1.165, 1.54) is 23.8 Å². The molecule has 0 unspecified atom stereocenters. The third-order valence-corrected chi connectivity index (χ3v) is 4.07. The Morgan fingerprint density at radius 3 is 2.26 bits per heavy atom. The molecular weight excluding hydrogens is 336 g/mol. The first-order chi connectivity index (χ1) is 10.8. The van der Waals surface area contributed by atoms with Gasteiger partial charge in [-0.1, -0.05) is 30.7 Å². The Kier molecular flexibility index (Phi) is 5.28. The van der Waals surface area contributed by atoms with Crippen LogP contribution in [0.5, 0.6) is 0 Å². The number of carbonyl (C=O) groups excluding carboxylic acids is 1. The Balaban J connectivity index is 2.22. The summed E-state index contributed by atoms with van der Waals surface area (Å²) in [5.74, 6) is -0.406. The van der Waals surface area contributed by atoms with Crippen LogP contribution in [0.1, 0.15) is 22.8 Å². The quantitative estimate of drug-likeness (QED) is 0.864. The lowest BCUT2D eigenvalue weighted by atomic mass is 10.1. The van der Waals surface area contributed by atoms with Crippen molar-refractivity contribution in [2.45, 2.75) is 13.3 Å². The van der Waals surface area contributed by atoms with Crippen molar-refractivity contribution in [3.8, 4) is 0 Å². The second kappa shape index (κ2) is 7.02. The number of rotatable bonds is 5. The van der Waals surface area contributed by atoms with Gasteiger partial charge in [-0.3, -0.25) is 9.52 Å². The van der Waals surface area contributed by atoms with E-state index in [2.05, 4.69) is 10.0 Å². The van der Waals surface area contributed by atoms with Crippen molar-refractivity contribution < 1.29 is 13.2 Å². The van der Waals surface area contributed by atoms with Gasteiger partial charge in [-0.2, -0.15) is 0 Å². The number of benzene rings is 2. The van der Waals surface area contributed by atoms with Crippen LogP contribution in [0, 0.1) is 0 Å². The van der Waals surface area contributed by atoms with Crippen LogP contribution in [-0.4, -0.2) is 20.6 Å². The molecule has 0 radical (unpaired) electrons. The van der Waals surface area contributed by atoms with Gasteiger partial charge in [-0.05, 0) is 42.3 Å². The summed E-state index contributed by atoms with van der Waals surface area (Å²) < 4.78 is 24.9. The number of hydrogen-bond acceptors (Lipinski definition) is 3.